The lowest BCUT2D eigenvalue weighted by atomic mass is 9.95. The molecule has 0 saturated carbocycles. The van der Waals surface area contributed by atoms with Crippen LogP contribution in [-0.2, 0) is 0 Å². The van der Waals surface area contributed by atoms with Crippen molar-refractivity contribution in [2.45, 2.75) is 38.3 Å². The molecule has 0 aromatic heterocycles. The van der Waals surface area contributed by atoms with E-state index in [1.807, 2.05) is 11.8 Å². The highest BCUT2D eigenvalue weighted by Gasteiger charge is 2.31. The number of nitro benzene ring substituents is 1. The van der Waals surface area contributed by atoms with Gasteiger partial charge in [-0.05, 0) is 26.2 Å². The van der Waals surface area contributed by atoms with Gasteiger partial charge < -0.3 is 15.4 Å². The van der Waals surface area contributed by atoms with E-state index in [4.69, 9.17) is 10.5 Å². The van der Waals surface area contributed by atoms with E-state index in [-0.39, 0.29) is 23.5 Å². The lowest BCUT2D eigenvalue weighted by Crippen LogP contribution is -2.49. The van der Waals surface area contributed by atoms with Crippen LogP contribution >= 0.6 is 0 Å². The molecule has 21 heavy (non-hydrogen) atoms. The first-order valence-electron chi connectivity index (χ1n) is 7.00. The zero-order valence-electron chi connectivity index (χ0n) is 12.2. The van der Waals surface area contributed by atoms with Crippen LogP contribution in [0.2, 0.25) is 0 Å². The molecule has 1 aromatic carbocycles. The molecule has 1 aromatic rings. The summed E-state index contributed by atoms with van der Waals surface area (Å²) >= 11 is 0. The minimum Gasteiger partial charge on any atom is -0.490 e. The first-order valence-corrected chi connectivity index (χ1v) is 7.00. The van der Waals surface area contributed by atoms with Crippen molar-refractivity contribution < 1.29 is 14.1 Å². The van der Waals surface area contributed by atoms with Crippen molar-refractivity contribution in [1.82, 2.24) is 0 Å². The van der Waals surface area contributed by atoms with Gasteiger partial charge in [-0.25, -0.2) is 4.39 Å². The van der Waals surface area contributed by atoms with Gasteiger partial charge in [-0.15, -0.1) is 0 Å². The van der Waals surface area contributed by atoms with Crippen LogP contribution in [0, 0.1) is 15.9 Å². The molecule has 0 bridgehead atoms. The Labute approximate surface area is 122 Å². The van der Waals surface area contributed by atoms with E-state index >= 15 is 0 Å². The van der Waals surface area contributed by atoms with Gasteiger partial charge in [0, 0.05) is 24.7 Å². The number of rotatable bonds is 4. The number of piperidine rings is 1. The number of benzene rings is 1. The number of nitro groups is 1. The average molecular weight is 297 g/mol. The van der Waals surface area contributed by atoms with Gasteiger partial charge in [0.15, 0.2) is 11.6 Å². The van der Waals surface area contributed by atoms with Gasteiger partial charge in [0.2, 0.25) is 0 Å². The normalized spacial score (nSPS) is 22.2. The van der Waals surface area contributed by atoms with Gasteiger partial charge in [0.05, 0.1) is 23.8 Å². The first-order chi connectivity index (χ1) is 9.99. The topological polar surface area (TPSA) is 81.6 Å². The molecular formula is C14H20FN3O3. The maximum Gasteiger partial charge on any atom is 0.313 e. The third-order valence-electron chi connectivity index (χ3n) is 4.02. The summed E-state index contributed by atoms with van der Waals surface area (Å²) in [7, 11) is 1.34. The maximum atomic E-state index is 14.4. The highest BCUT2D eigenvalue weighted by molar-refractivity contribution is 5.61. The minimum atomic E-state index is -0.647. The Morgan fingerprint density at radius 2 is 2.24 bits per heavy atom. The number of ether oxygens (including phenoxy) is 1. The SMILES string of the molecule is COc1cc(N2C(C)CCCC2CN)c(F)cc1[N+](=O)[O-]. The van der Waals surface area contributed by atoms with E-state index in [2.05, 4.69) is 0 Å². The summed E-state index contributed by atoms with van der Waals surface area (Å²) in [5, 5.41) is 10.9. The molecule has 2 N–H and O–H groups in total. The van der Waals surface area contributed by atoms with Crippen LogP contribution in [0.5, 0.6) is 5.75 Å². The largest absolute Gasteiger partial charge is 0.490 e. The molecule has 0 radical (unpaired) electrons. The highest BCUT2D eigenvalue weighted by atomic mass is 19.1. The number of nitrogens with two attached hydrogens (primary N) is 1. The van der Waals surface area contributed by atoms with Crippen molar-refractivity contribution in [1.29, 1.82) is 0 Å². The molecule has 1 heterocycles. The van der Waals surface area contributed by atoms with Gasteiger partial charge in [-0.3, -0.25) is 10.1 Å². The molecule has 6 nitrogen and oxygen atoms in total. The van der Waals surface area contributed by atoms with Crippen LogP contribution in [-0.4, -0.2) is 30.7 Å². The number of anilines is 1. The Hall–Kier alpha value is -1.89. The van der Waals surface area contributed by atoms with Gasteiger partial charge in [-0.1, -0.05) is 0 Å². The van der Waals surface area contributed by atoms with Crippen molar-refractivity contribution in [3.63, 3.8) is 0 Å². The maximum absolute atomic E-state index is 14.4. The van der Waals surface area contributed by atoms with Crippen molar-refractivity contribution >= 4 is 11.4 Å². The van der Waals surface area contributed by atoms with Crippen LogP contribution in [0.4, 0.5) is 15.8 Å². The number of nitrogens with zero attached hydrogens (tertiary/aromatic N) is 2. The Morgan fingerprint density at radius 3 is 2.81 bits per heavy atom. The van der Waals surface area contributed by atoms with Crippen molar-refractivity contribution in [3.05, 3.63) is 28.1 Å². The fraction of sp³-hybridized carbons (Fsp3) is 0.571. The van der Waals surface area contributed by atoms with Gasteiger partial charge in [0.1, 0.15) is 0 Å². The predicted octanol–water partition coefficient (Wildman–Crippen LogP) is 2.45. The fourth-order valence-electron chi connectivity index (χ4n) is 2.99. The predicted molar refractivity (Wildman–Crippen MR) is 78.2 cm³/mol. The number of methoxy groups -OCH3 is 1. The zero-order valence-corrected chi connectivity index (χ0v) is 12.2. The van der Waals surface area contributed by atoms with Gasteiger partial charge in [-0.2, -0.15) is 0 Å². The smallest absolute Gasteiger partial charge is 0.313 e. The third kappa shape index (κ3) is 2.92. The molecule has 2 rings (SSSR count). The molecule has 1 aliphatic rings. The van der Waals surface area contributed by atoms with E-state index in [0.29, 0.717) is 12.2 Å². The molecule has 7 heteroatoms. The Bertz CT molecular complexity index is 538. The number of hydrogen-bond donors (Lipinski definition) is 1. The summed E-state index contributed by atoms with van der Waals surface area (Å²) in [6.07, 6.45) is 2.88. The van der Waals surface area contributed by atoms with E-state index in [1.54, 1.807) is 0 Å². The van der Waals surface area contributed by atoms with E-state index in [0.717, 1.165) is 25.3 Å². The lowest BCUT2D eigenvalue weighted by molar-refractivity contribution is -0.385. The Morgan fingerprint density at radius 1 is 1.52 bits per heavy atom. The fourth-order valence-corrected chi connectivity index (χ4v) is 2.99. The summed E-state index contributed by atoms with van der Waals surface area (Å²) in [5.74, 6) is -0.556. The minimum absolute atomic E-state index is 0.0365. The second kappa shape index (κ2) is 6.26. The van der Waals surface area contributed by atoms with Crippen molar-refractivity contribution in [3.8, 4) is 5.75 Å². The molecule has 1 fully saturated rings. The van der Waals surface area contributed by atoms with E-state index in [1.165, 1.54) is 13.2 Å². The molecule has 1 saturated heterocycles. The Kier molecular flexibility index (Phi) is 4.62. The standard InChI is InChI=1S/C14H20FN3O3/c1-9-4-3-5-10(8-16)17(9)12-7-14(21-2)13(18(19)20)6-11(12)15/h6-7,9-10H,3-5,8,16H2,1-2H3. The molecule has 2 unspecified atom stereocenters. The quantitative estimate of drug-likeness (QED) is 0.682. The lowest BCUT2D eigenvalue weighted by Gasteiger charge is -2.42. The van der Waals surface area contributed by atoms with E-state index in [9.17, 15) is 14.5 Å². The third-order valence-corrected chi connectivity index (χ3v) is 4.02. The molecule has 116 valence electrons. The number of halogens is 1. The molecule has 0 amide bonds. The summed E-state index contributed by atoms with van der Waals surface area (Å²) in [6.45, 7) is 2.43. The summed E-state index contributed by atoms with van der Waals surface area (Å²) < 4.78 is 19.4. The summed E-state index contributed by atoms with van der Waals surface area (Å²) in [4.78, 5) is 12.2. The Balaban J connectivity index is 2.49. The van der Waals surface area contributed by atoms with Crippen LogP contribution in [0.25, 0.3) is 0 Å². The zero-order chi connectivity index (χ0) is 15.6. The van der Waals surface area contributed by atoms with Crippen LogP contribution in [0.1, 0.15) is 26.2 Å². The van der Waals surface area contributed by atoms with Gasteiger partial charge in [0.25, 0.3) is 0 Å². The molecular weight excluding hydrogens is 277 g/mol. The highest BCUT2D eigenvalue weighted by Crippen LogP contribution is 2.37. The second-order valence-corrected chi connectivity index (χ2v) is 5.31. The van der Waals surface area contributed by atoms with E-state index < -0.39 is 10.7 Å². The monoisotopic (exact) mass is 297 g/mol. The molecule has 2 atom stereocenters. The van der Waals surface area contributed by atoms with Crippen LogP contribution in [0.3, 0.4) is 0 Å². The van der Waals surface area contributed by atoms with Crippen LogP contribution < -0.4 is 15.4 Å². The van der Waals surface area contributed by atoms with Crippen molar-refractivity contribution in [2.75, 3.05) is 18.6 Å². The molecule has 0 aliphatic carbocycles. The second-order valence-electron chi connectivity index (χ2n) is 5.31. The average Bonchev–Trinajstić information content (AvgIpc) is 2.47. The van der Waals surface area contributed by atoms with Crippen LogP contribution in [0.15, 0.2) is 12.1 Å². The first kappa shape index (κ1) is 15.5. The summed E-state index contributed by atoms with van der Waals surface area (Å²) in [5.41, 5.74) is 5.74. The van der Waals surface area contributed by atoms with Crippen molar-refractivity contribution in [2.24, 2.45) is 5.73 Å². The number of hydrogen-bond acceptors (Lipinski definition) is 5. The molecule has 1 aliphatic heterocycles. The summed E-state index contributed by atoms with van der Waals surface area (Å²) in [6, 6.07) is 2.49. The molecule has 0 spiro atoms. The van der Waals surface area contributed by atoms with Gasteiger partial charge >= 0.3 is 5.69 Å².